The quantitative estimate of drug-likeness (QED) is 0.638. The summed E-state index contributed by atoms with van der Waals surface area (Å²) in [6.07, 6.45) is 0. The number of anilines is 1. The molecule has 2 aromatic rings. The Labute approximate surface area is 127 Å². The van der Waals surface area contributed by atoms with E-state index in [4.69, 9.17) is 4.42 Å². The van der Waals surface area contributed by atoms with Crippen LogP contribution < -0.4 is 5.32 Å². The molecule has 1 aromatic carbocycles. The van der Waals surface area contributed by atoms with E-state index in [0.717, 1.165) is 13.2 Å². The van der Waals surface area contributed by atoms with Gasteiger partial charge in [0.2, 0.25) is 0 Å². The molecule has 0 fully saturated rings. The third-order valence-electron chi connectivity index (χ3n) is 2.54. The summed E-state index contributed by atoms with van der Waals surface area (Å²) in [5.41, 5.74) is -0.330. The fourth-order valence-corrected chi connectivity index (χ4v) is 2.04. The first-order chi connectivity index (χ1) is 9.51. The molecule has 0 aliphatic heterocycles. The molecule has 1 heterocycles. The van der Waals surface area contributed by atoms with Gasteiger partial charge in [0.25, 0.3) is 0 Å². The topological polar surface area (TPSA) is 51.5 Å². The number of furan rings is 1. The Bertz CT molecular complexity index is 643. The molecule has 0 unspecified atom stereocenters. The van der Waals surface area contributed by atoms with Crippen molar-refractivity contribution in [3.8, 4) is 0 Å². The van der Waals surface area contributed by atoms with Crippen LogP contribution >= 0.6 is 22.6 Å². The van der Waals surface area contributed by atoms with Gasteiger partial charge >= 0.3 is 5.97 Å². The number of carbonyl (C=O) groups excluding carboxylic acids is 1. The van der Waals surface area contributed by atoms with E-state index in [1.165, 1.54) is 0 Å². The molecule has 0 saturated heterocycles. The number of rotatable bonds is 4. The predicted molar refractivity (Wildman–Crippen MR) is 76.4 cm³/mol. The first kappa shape index (κ1) is 14.8. The maximum Gasteiger partial charge on any atom is 0.340 e. The average molecular weight is 393 g/mol. The Morgan fingerprint density at radius 1 is 1.35 bits per heavy atom. The highest BCUT2D eigenvalue weighted by Crippen LogP contribution is 2.21. The summed E-state index contributed by atoms with van der Waals surface area (Å²) in [6.45, 7) is 0.214. The maximum absolute atomic E-state index is 13.6. The fourth-order valence-electron chi connectivity index (χ4n) is 1.58. The van der Waals surface area contributed by atoms with Gasteiger partial charge < -0.3 is 14.5 Å². The molecule has 0 aliphatic rings. The lowest BCUT2D eigenvalue weighted by molar-refractivity contribution is 0.0595. The van der Waals surface area contributed by atoms with Gasteiger partial charge in [-0.3, -0.25) is 0 Å². The van der Waals surface area contributed by atoms with Crippen molar-refractivity contribution in [2.45, 2.75) is 6.54 Å². The van der Waals surface area contributed by atoms with Gasteiger partial charge in [0.15, 0.2) is 3.77 Å². The van der Waals surface area contributed by atoms with Crippen LogP contribution in [0.4, 0.5) is 14.5 Å². The zero-order chi connectivity index (χ0) is 14.7. The lowest BCUT2D eigenvalue weighted by Gasteiger charge is -2.09. The van der Waals surface area contributed by atoms with Gasteiger partial charge in [0.1, 0.15) is 17.4 Å². The first-order valence-electron chi connectivity index (χ1n) is 5.56. The molecule has 106 valence electrons. The van der Waals surface area contributed by atoms with Gasteiger partial charge in [0.05, 0.1) is 24.9 Å². The Balaban J connectivity index is 2.20. The van der Waals surface area contributed by atoms with Crippen LogP contribution in [0, 0.1) is 15.4 Å². The summed E-state index contributed by atoms with van der Waals surface area (Å²) in [6, 6.07) is 5.21. The number of benzene rings is 1. The van der Waals surface area contributed by atoms with E-state index in [9.17, 15) is 13.6 Å². The number of hydrogen-bond donors (Lipinski definition) is 1. The first-order valence-corrected chi connectivity index (χ1v) is 6.64. The molecule has 0 bridgehead atoms. The van der Waals surface area contributed by atoms with E-state index >= 15 is 0 Å². The van der Waals surface area contributed by atoms with Crippen LogP contribution in [0.25, 0.3) is 0 Å². The van der Waals surface area contributed by atoms with Crippen LogP contribution in [-0.4, -0.2) is 13.1 Å². The van der Waals surface area contributed by atoms with E-state index in [1.807, 2.05) is 22.6 Å². The summed E-state index contributed by atoms with van der Waals surface area (Å²) in [5.74, 6) is -2.03. The van der Waals surface area contributed by atoms with Gasteiger partial charge in [-0.2, -0.15) is 0 Å². The molecular formula is C13H10F2INO3. The zero-order valence-electron chi connectivity index (χ0n) is 10.4. The van der Waals surface area contributed by atoms with E-state index in [1.54, 1.807) is 12.1 Å². The Kier molecular flexibility index (Phi) is 4.58. The molecule has 0 saturated carbocycles. The average Bonchev–Trinajstić information content (AvgIpc) is 2.83. The number of nitrogens with one attached hydrogen (secondary N) is 1. The third kappa shape index (κ3) is 3.27. The normalized spacial score (nSPS) is 10.4. The minimum atomic E-state index is -0.965. The van der Waals surface area contributed by atoms with E-state index in [0.29, 0.717) is 15.6 Å². The molecule has 0 aliphatic carbocycles. The second-order valence-corrected chi connectivity index (χ2v) is 4.93. The van der Waals surface area contributed by atoms with Crippen molar-refractivity contribution in [2.75, 3.05) is 12.4 Å². The second kappa shape index (κ2) is 6.21. The Morgan fingerprint density at radius 3 is 2.70 bits per heavy atom. The monoisotopic (exact) mass is 393 g/mol. The second-order valence-electron chi connectivity index (χ2n) is 3.86. The predicted octanol–water partition coefficient (Wildman–Crippen LogP) is 3.56. The highest BCUT2D eigenvalue weighted by molar-refractivity contribution is 14.1. The third-order valence-corrected chi connectivity index (χ3v) is 3.12. The molecule has 0 spiro atoms. The van der Waals surface area contributed by atoms with Gasteiger partial charge in [0, 0.05) is 6.07 Å². The highest BCUT2D eigenvalue weighted by Gasteiger charge is 2.16. The van der Waals surface area contributed by atoms with Crippen LogP contribution in [0.3, 0.4) is 0 Å². The summed E-state index contributed by atoms with van der Waals surface area (Å²) in [7, 11) is 1.13. The molecule has 1 aromatic heterocycles. The van der Waals surface area contributed by atoms with E-state index in [2.05, 4.69) is 10.1 Å². The standard InChI is InChI=1S/C13H10F2INO3/c1-19-13(18)8-4-11(10(15)5-9(8)14)17-6-7-2-3-12(16)20-7/h2-5,17H,6H2,1H3. The van der Waals surface area contributed by atoms with Crippen molar-refractivity contribution in [3.05, 3.63) is 51.0 Å². The highest BCUT2D eigenvalue weighted by atomic mass is 127. The van der Waals surface area contributed by atoms with Crippen molar-refractivity contribution in [2.24, 2.45) is 0 Å². The zero-order valence-corrected chi connectivity index (χ0v) is 12.5. The minimum absolute atomic E-state index is 0.00166. The Hall–Kier alpha value is -1.64. The number of halogens is 3. The molecule has 7 heteroatoms. The molecule has 2 rings (SSSR count). The molecule has 0 radical (unpaired) electrons. The van der Waals surface area contributed by atoms with Crippen LogP contribution in [-0.2, 0) is 11.3 Å². The smallest absolute Gasteiger partial charge is 0.340 e. The number of methoxy groups -OCH3 is 1. The largest absolute Gasteiger partial charge is 0.465 e. The van der Waals surface area contributed by atoms with Crippen molar-refractivity contribution in [3.63, 3.8) is 0 Å². The summed E-state index contributed by atoms with van der Waals surface area (Å²) >= 11 is 2.01. The summed E-state index contributed by atoms with van der Waals surface area (Å²) in [5, 5.41) is 2.74. The van der Waals surface area contributed by atoms with Gasteiger partial charge in [-0.05, 0) is 40.8 Å². The summed E-state index contributed by atoms with van der Waals surface area (Å²) in [4.78, 5) is 11.3. The fraction of sp³-hybridized carbons (Fsp3) is 0.154. The van der Waals surface area contributed by atoms with E-state index < -0.39 is 17.6 Å². The number of ether oxygens (including phenoxy) is 1. The Morgan fingerprint density at radius 2 is 2.10 bits per heavy atom. The van der Waals surface area contributed by atoms with Crippen molar-refractivity contribution >= 4 is 34.2 Å². The number of hydrogen-bond acceptors (Lipinski definition) is 4. The van der Waals surface area contributed by atoms with Gasteiger partial charge in [-0.15, -0.1) is 0 Å². The molecule has 4 nitrogen and oxygen atoms in total. The SMILES string of the molecule is COC(=O)c1cc(NCc2ccc(I)o2)c(F)cc1F. The van der Waals surface area contributed by atoms with Crippen LogP contribution in [0.2, 0.25) is 0 Å². The molecule has 20 heavy (non-hydrogen) atoms. The van der Waals surface area contributed by atoms with Gasteiger partial charge in [-0.1, -0.05) is 0 Å². The molecule has 1 N–H and O–H groups in total. The van der Waals surface area contributed by atoms with Crippen molar-refractivity contribution in [1.82, 2.24) is 0 Å². The number of esters is 1. The van der Waals surface area contributed by atoms with Crippen LogP contribution in [0.5, 0.6) is 0 Å². The maximum atomic E-state index is 13.6. The van der Waals surface area contributed by atoms with Gasteiger partial charge in [-0.25, -0.2) is 13.6 Å². The molecular weight excluding hydrogens is 383 g/mol. The molecule has 0 amide bonds. The van der Waals surface area contributed by atoms with Crippen LogP contribution in [0.1, 0.15) is 16.1 Å². The molecule has 0 atom stereocenters. The summed E-state index contributed by atoms with van der Waals surface area (Å²) < 4.78 is 37.5. The lowest BCUT2D eigenvalue weighted by Crippen LogP contribution is -2.08. The van der Waals surface area contributed by atoms with Crippen LogP contribution in [0.15, 0.2) is 28.7 Å². The minimum Gasteiger partial charge on any atom is -0.465 e. The van der Waals surface area contributed by atoms with Crippen molar-refractivity contribution in [1.29, 1.82) is 0 Å². The lowest BCUT2D eigenvalue weighted by atomic mass is 10.1. The van der Waals surface area contributed by atoms with Crippen molar-refractivity contribution < 1.29 is 22.7 Å². The number of carbonyl (C=O) groups is 1. The van der Waals surface area contributed by atoms with E-state index in [-0.39, 0.29) is 17.8 Å².